The fourth-order valence-corrected chi connectivity index (χ4v) is 2.90. The van der Waals surface area contributed by atoms with Crippen molar-refractivity contribution in [1.82, 2.24) is 14.7 Å². The number of morpholine rings is 1. The Balaban J connectivity index is 1.49. The van der Waals surface area contributed by atoms with Crippen LogP contribution in [0.4, 0.5) is 0 Å². The first-order chi connectivity index (χ1) is 12.6. The number of hydrogen-bond donors (Lipinski definition) is 0. The molecule has 3 rings (SSSR count). The zero-order valence-electron chi connectivity index (χ0n) is 15.4. The molecular formula is C20H25N3O3. The number of benzene rings is 1. The number of rotatable bonds is 7. The van der Waals surface area contributed by atoms with Crippen LogP contribution in [0.2, 0.25) is 0 Å². The van der Waals surface area contributed by atoms with Crippen LogP contribution in [0.15, 0.2) is 36.5 Å². The van der Waals surface area contributed by atoms with E-state index in [1.165, 1.54) is 0 Å². The van der Waals surface area contributed by atoms with Crippen molar-refractivity contribution < 1.29 is 14.3 Å². The quantitative estimate of drug-likeness (QED) is 0.564. The molecule has 138 valence electrons. The van der Waals surface area contributed by atoms with Crippen molar-refractivity contribution in [3.8, 4) is 5.75 Å². The second-order valence-corrected chi connectivity index (χ2v) is 6.37. The lowest BCUT2D eigenvalue weighted by atomic mass is 10.1. The zero-order chi connectivity index (χ0) is 18.4. The number of carbonyl (C=O) groups excluding carboxylic acids is 1. The SMILES string of the molecule is Cc1nn(C)cc1C(=O)/C=C/c1ccc(OCCN2CCOCC2)cc1. The Hall–Kier alpha value is -2.44. The third kappa shape index (κ3) is 5.03. The summed E-state index contributed by atoms with van der Waals surface area (Å²) < 4.78 is 12.8. The molecule has 0 N–H and O–H groups in total. The maximum absolute atomic E-state index is 12.2. The number of aromatic nitrogens is 2. The molecule has 2 heterocycles. The van der Waals surface area contributed by atoms with E-state index in [4.69, 9.17) is 9.47 Å². The number of allylic oxidation sites excluding steroid dienone is 1. The Morgan fingerprint density at radius 2 is 2.00 bits per heavy atom. The van der Waals surface area contributed by atoms with E-state index in [0.29, 0.717) is 12.2 Å². The van der Waals surface area contributed by atoms with Crippen LogP contribution in [-0.4, -0.2) is 59.9 Å². The van der Waals surface area contributed by atoms with Crippen molar-refractivity contribution in [2.75, 3.05) is 39.5 Å². The van der Waals surface area contributed by atoms with Crippen LogP contribution in [0.1, 0.15) is 21.6 Å². The van der Waals surface area contributed by atoms with Crippen LogP contribution >= 0.6 is 0 Å². The van der Waals surface area contributed by atoms with Gasteiger partial charge in [0, 0.05) is 32.9 Å². The molecule has 1 aromatic heterocycles. The predicted octanol–water partition coefficient (Wildman–Crippen LogP) is 2.34. The number of ether oxygens (including phenoxy) is 2. The van der Waals surface area contributed by atoms with E-state index in [1.807, 2.05) is 44.3 Å². The van der Waals surface area contributed by atoms with Crippen LogP contribution in [0, 0.1) is 6.92 Å². The van der Waals surface area contributed by atoms with E-state index in [1.54, 1.807) is 17.0 Å². The van der Waals surface area contributed by atoms with Gasteiger partial charge in [-0.25, -0.2) is 0 Å². The van der Waals surface area contributed by atoms with E-state index in [-0.39, 0.29) is 5.78 Å². The minimum atomic E-state index is -0.0403. The molecule has 6 heteroatoms. The predicted molar refractivity (Wildman–Crippen MR) is 101 cm³/mol. The van der Waals surface area contributed by atoms with Crippen LogP contribution in [0.3, 0.4) is 0 Å². The number of nitrogens with zero attached hydrogens (tertiary/aromatic N) is 3. The first-order valence-electron chi connectivity index (χ1n) is 8.87. The molecule has 0 atom stereocenters. The third-order valence-electron chi connectivity index (χ3n) is 4.37. The highest BCUT2D eigenvalue weighted by atomic mass is 16.5. The Kier molecular flexibility index (Phi) is 6.20. The standard InChI is InChI=1S/C20H25N3O3/c1-16-19(15-22(2)21-16)20(24)8-5-17-3-6-18(7-4-17)26-14-11-23-9-12-25-13-10-23/h3-8,15H,9-14H2,1-2H3/b8-5+. The highest BCUT2D eigenvalue weighted by molar-refractivity contribution is 6.07. The molecule has 1 saturated heterocycles. The summed E-state index contributed by atoms with van der Waals surface area (Å²) in [5.41, 5.74) is 2.33. The van der Waals surface area contributed by atoms with Gasteiger partial charge in [0.25, 0.3) is 0 Å². The second kappa shape index (κ2) is 8.78. The summed E-state index contributed by atoms with van der Waals surface area (Å²) in [6, 6.07) is 7.76. The second-order valence-electron chi connectivity index (χ2n) is 6.37. The molecule has 1 fully saturated rings. The van der Waals surface area contributed by atoms with Crippen LogP contribution < -0.4 is 4.74 Å². The maximum atomic E-state index is 12.2. The largest absolute Gasteiger partial charge is 0.492 e. The molecule has 1 aliphatic heterocycles. The fourth-order valence-electron chi connectivity index (χ4n) is 2.90. The summed E-state index contributed by atoms with van der Waals surface area (Å²) in [6.07, 6.45) is 5.14. The maximum Gasteiger partial charge on any atom is 0.189 e. The molecule has 1 aromatic carbocycles. The molecule has 26 heavy (non-hydrogen) atoms. The molecule has 0 amide bonds. The lowest BCUT2D eigenvalue weighted by Crippen LogP contribution is -2.38. The summed E-state index contributed by atoms with van der Waals surface area (Å²) in [7, 11) is 1.81. The van der Waals surface area contributed by atoms with E-state index >= 15 is 0 Å². The van der Waals surface area contributed by atoms with Gasteiger partial charge in [0.1, 0.15) is 12.4 Å². The monoisotopic (exact) mass is 355 g/mol. The normalized spacial score (nSPS) is 15.5. The minimum Gasteiger partial charge on any atom is -0.492 e. The van der Waals surface area contributed by atoms with Gasteiger partial charge in [-0.3, -0.25) is 14.4 Å². The summed E-state index contributed by atoms with van der Waals surface area (Å²) in [4.78, 5) is 14.6. The number of aryl methyl sites for hydroxylation is 2. The Morgan fingerprint density at radius 3 is 2.65 bits per heavy atom. The molecule has 2 aromatic rings. The van der Waals surface area contributed by atoms with Gasteiger partial charge in [-0.1, -0.05) is 18.2 Å². The fraction of sp³-hybridized carbons (Fsp3) is 0.400. The number of ketones is 1. The smallest absolute Gasteiger partial charge is 0.189 e. The van der Waals surface area contributed by atoms with Crippen molar-refractivity contribution in [2.45, 2.75) is 6.92 Å². The molecule has 0 aliphatic carbocycles. The first-order valence-corrected chi connectivity index (χ1v) is 8.87. The highest BCUT2D eigenvalue weighted by Crippen LogP contribution is 2.14. The number of carbonyl (C=O) groups is 1. The minimum absolute atomic E-state index is 0.0403. The molecule has 0 spiro atoms. The van der Waals surface area contributed by atoms with Crippen LogP contribution in [-0.2, 0) is 11.8 Å². The summed E-state index contributed by atoms with van der Waals surface area (Å²) >= 11 is 0. The first kappa shape index (κ1) is 18.4. The van der Waals surface area contributed by atoms with E-state index in [2.05, 4.69) is 10.00 Å². The van der Waals surface area contributed by atoms with Gasteiger partial charge < -0.3 is 9.47 Å². The van der Waals surface area contributed by atoms with Crippen molar-refractivity contribution in [3.63, 3.8) is 0 Å². The summed E-state index contributed by atoms with van der Waals surface area (Å²) in [5.74, 6) is 0.797. The zero-order valence-corrected chi connectivity index (χ0v) is 15.4. The molecule has 0 radical (unpaired) electrons. The lowest BCUT2D eigenvalue weighted by molar-refractivity contribution is 0.0322. The van der Waals surface area contributed by atoms with Crippen molar-refractivity contribution >= 4 is 11.9 Å². The third-order valence-corrected chi connectivity index (χ3v) is 4.37. The molecule has 0 saturated carbocycles. The van der Waals surface area contributed by atoms with Gasteiger partial charge in [-0.15, -0.1) is 0 Å². The summed E-state index contributed by atoms with van der Waals surface area (Å²) in [5, 5.41) is 4.20. The van der Waals surface area contributed by atoms with Gasteiger partial charge in [-0.05, 0) is 30.7 Å². The average Bonchev–Trinajstić information content (AvgIpc) is 3.00. The summed E-state index contributed by atoms with van der Waals surface area (Å²) in [6.45, 7) is 6.95. The number of hydrogen-bond acceptors (Lipinski definition) is 5. The topological polar surface area (TPSA) is 56.6 Å². The van der Waals surface area contributed by atoms with Crippen molar-refractivity contribution in [2.24, 2.45) is 7.05 Å². The molecule has 6 nitrogen and oxygen atoms in total. The Labute approximate surface area is 154 Å². The average molecular weight is 355 g/mol. The molecule has 0 bridgehead atoms. The van der Waals surface area contributed by atoms with E-state index < -0.39 is 0 Å². The van der Waals surface area contributed by atoms with Crippen molar-refractivity contribution in [3.05, 3.63) is 53.4 Å². The van der Waals surface area contributed by atoms with Crippen molar-refractivity contribution in [1.29, 1.82) is 0 Å². The lowest BCUT2D eigenvalue weighted by Gasteiger charge is -2.26. The van der Waals surface area contributed by atoms with Gasteiger partial charge in [-0.2, -0.15) is 5.10 Å². The highest BCUT2D eigenvalue weighted by Gasteiger charge is 2.10. The van der Waals surface area contributed by atoms with E-state index in [9.17, 15) is 4.79 Å². The Morgan fingerprint density at radius 1 is 1.27 bits per heavy atom. The van der Waals surface area contributed by atoms with E-state index in [0.717, 1.165) is 49.9 Å². The molecule has 1 aliphatic rings. The van der Waals surface area contributed by atoms with Gasteiger partial charge in [0.15, 0.2) is 5.78 Å². The van der Waals surface area contributed by atoms with Crippen LogP contribution in [0.25, 0.3) is 6.08 Å². The molecule has 0 unspecified atom stereocenters. The molecular weight excluding hydrogens is 330 g/mol. The Bertz CT molecular complexity index is 759. The van der Waals surface area contributed by atoms with Crippen LogP contribution in [0.5, 0.6) is 5.75 Å². The van der Waals surface area contributed by atoms with Gasteiger partial charge in [0.05, 0.1) is 24.5 Å². The van der Waals surface area contributed by atoms with Gasteiger partial charge >= 0.3 is 0 Å². The van der Waals surface area contributed by atoms with Gasteiger partial charge in [0.2, 0.25) is 0 Å².